The first-order valence-electron chi connectivity index (χ1n) is 9.22. The molecule has 0 aromatic heterocycles. The monoisotopic (exact) mass is 382 g/mol. The van der Waals surface area contributed by atoms with Crippen LogP contribution >= 0.6 is 0 Å². The van der Waals surface area contributed by atoms with E-state index in [2.05, 4.69) is 5.32 Å². The molecule has 0 aliphatic carbocycles. The van der Waals surface area contributed by atoms with Gasteiger partial charge in [0, 0.05) is 30.8 Å². The van der Waals surface area contributed by atoms with Crippen molar-refractivity contribution in [1.29, 1.82) is 0 Å². The Balaban J connectivity index is 1.47. The van der Waals surface area contributed by atoms with Crippen LogP contribution in [0.5, 0.6) is 5.75 Å². The SMILES string of the molecule is COc1ccc(/C=C/C(=O)N2CCC(NC(=O)c3ccc(F)cc3)CC2)cc1. The summed E-state index contributed by atoms with van der Waals surface area (Å²) in [5.74, 6) is 0.141. The van der Waals surface area contributed by atoms with Crippen molar-refractivity contribution in [3.8, 4) is 5.75 Å². The fourth-order valence-corrected chi connectivity index (χ4v) is 3.10. The van der Waals surface area contributed by atoms with E-state index in [0.29, 0.717) is 31.5 Å². The number of hydrogen-bond acceptors (Lipinski definition) is 3. The maximum Gasteiger partial charge on any atom is 0.251 e. The molecule has 28 heavy (non-hydrogen) atoms. The van der Waals surface area contributed by atoms with Gasteiger partial charge in [0.15, 0.2) is 0 Å². The molecular weight excluding hydrogens is 359 g/mol. The van der Waals surface area contributed by atoms with Crippen LogP contribution in [0.3, 0.4) is 0 Å². The lowest BCUT2D eigenvalue weighted by atomic mass is 10.0. The lowest BCUT2D eigenvalue weighted by Gasteiger charge is -2.31. The lowest BCUT2D eigenvalue weighted by molar-refractivity contribution is -0.126. The van der Waals surface area contributed by atoms with E-state index in [4.69, 9.17) is 4.74 Å². The molecule has 2 aromatic carbocycles. The highest BCUT2D eigenvalue weighted by Crippen LogP contribution is 2.15. The molecule has 1 N–H and O–H groups in total. The molecule has 1 heterocycles. The number of nitrogens with zero attached hydrogens (tertiary/aromatic N) is 1. The van der Waals surface area contributed by atoms with Crippen LogP contribution in [-0.2, 0) is 4.79 Å². The van der Waals surface area contributed by atoms with Gasteiger partial charge in [-0.05, 0) is 60.9 Å². The van der Waals surface area contributed by atoms with Gasteiger partial charge in [-0.1, -0.05) is 12.1 Å². The second-order valence-electron chi connectivity index (χ2n) is 6.69. The summed E-state index contributed by atoms with van der Waals surface area (Å²) >= 11 is 0. The standard InChI is InChI=1S/C22H23FN2O3/c1-28-20-9-2-16(3-10-20)4-11-21(26)25-14-12-19(13-15-25)24-22(27)17-5-7-18(23)8-6-17/h2-11,19H,12-15H2,1H3,(H,24,27)/b11-4+. The highest BCUT2D eigenvalue weighted by atomic mass is 19.1. The average Bonchev–Trinajstić information content (AvgIpc) is 2.73. The topological polar surface area (TPSA) is 58.6 Å². The van der Waals surface area contributed by atoms with Crippen molar-refractivity contribution in [1.82, 2.24) is 10.2 Å². The average molecular weight is 382 g/mol. The van der Waals surface area contributed by atoms with Gasteiger partial charge in [0.05, 0.1) is 7.11 Å². The molecule has 0 bridgehead atoms. The summed E-state index contributed by atoms with van der Waals surface area (Å²) in [6, 6.07) is 12.9. The Labute approximate surface area is 163 Å². The zero-order chi connectivity index (χ0) is 19.9. The fourth-order valence-electron chi connectivity index (χ4n) is 3.10. The Morgan fingerprint density at radius 1 is 1.07 bits per heavy atom. The molecule has 146 valence electrons. The lowest BCUT2D eigenvalue weighted by Crippen LogP contribution is -2.46. The van der Waals surface area contributed by atoms with Gasteiger partial charge in [0.2, 0.25) is 5.91 Å². The molecule has 1 saturated heterocycles. The van der Waals surface area contributed by atoms with E-state index in [-0.39, 0.29) is 23.7 Å². The predicted octanol–water partition coefficient (Wildman–Crippen LogP) is 3.27. The third-order valence-corrected chi connectivity index (χ3v) is 4.78. The molecule has 1 aliphatic heterocycles. The minimum absolute atomic E-state index is 0.00664. The van der Waals surface area contributed by atoms with Crippen molar-refractivity contribution < 1.29 is 18.7 Å². The summed E-state index contributed by atoms with van der Waals surface area (Å²) in [7, 11) is 1.61. The van der Waals surface area contributed by atoms with Crippen LogP contribution in [0.25, 0.3) is 6.08 Å². The number of amides is 2. The van der Waals surface area contributed by atoms with Gasteiger partial charge in [0.25, 0.3) is 5.91 Å². The summed E-state index contributed by atoms with van der Waals surface area (Å²) in [6.07, 6.45) is 4.73. The largest absolute Gasteiger partial charge is 0.497 e. The van der Waals surface area contributed by atoms with E-state index in [1.807, 2.05) is 24.3 Å². The Hall–Kier alpha value is -3.15. The van der Waals surface area contributed by atoms with E-state index >= 15 is 0 Å². The third kappa shape index (κ3) is 5.19. The van der Waals surface area contributed by atoms with E-state index in [1.165, 1.54) is 24.3 Å². The van der Waals surface area contributed by atoms with Gasteiger partial charge >= 0.3 is 0 Å². The second kappa shape index (κ2) is 9.17. The molecule has 0 unspecified atom stereocenters. The molecule has 2 aromatic rings. The van der Waals surface area contributed by atoms with Crippen molar-refractivity contribution in [2.24, 2.45) is 0 Å². The first-order chi connectivity index (χ1) is 13.5. The van der Waals surface area contributed by atoms with Crippen molar-refractivity contribution in [3.05, 3.63) is 71.6 Å². The molecule has 0 radical (unpaired) electrons. The molecule has 0 atom stereocenters. The molecular formula is C22H23FN2O3. The Morgan fingerprint density at radius 2 is 1.71 bits per heavy atom. The quantitative estimate of drug-likeness (QED) is 0.808. The predicted molar refractivity (Wildman–Crippen MR) is 105 cm³/mol. The van der Waals surface area contributed by atoms with Gasteiger partial charge in [-0.3, -0.25) is 9.59 Å². The molecule has 5 nitrogen and oxygen atoms in total. The molecule has 6 heteroatoms. The normalized spacial score (nSPS) is 14.9. The highest BCUT2D eigenvalue weighted by molar-refractivity contribution is 5.94. The van der Waals surface area contributed by atoms with Crippen LogP contribution in [0.1, 0.15) is 28.8 Å². The van der Waals surface area contributed by atoms with E-state index < -0.39 is 0 Å². The van der Waals surface area contributed by atoms with E-state index in [1.54, 1.807) is 24.2 Å². The van der Waals surface area contributed by atoms with Gasteiger partial charge in [-0.2, -0.15) is 0 Å². The summed E-state index contributed by atoms with van der Waals surface area (Å²) < 4.78 is 18.1. The molecule has 3 rings (SSSR count). The van der Waals surface area contributed by atoms with E-state index in [9.17, 15) is 14.0 Å². The molecule has 2 amide bonds. The number of carbonyl (C=O) groups excluding carboxylic acids is 2. The first-order valence-corrected chi connectivity index (χ1v) is 9.22. The molecule has 1 aliphatic rings. The van der Waals surface area contributed by atoms with Crippen molar-refractivity contribution in [2.45, 2.75) is 18.9 Å². The Kier molecular flexibility index (Phi) is 6.42. The Morgan fingerprint density at radius 3 is 2.32 bits per heavy atom. The van der Waals surface area contributed by atoms with Crippen molar-refractivity contribution >= 4 is 17.9 Å². The van der Waals surface area contributed by atoms with Crippen LogP contribution in [-0.4, -0.2) is 43.0 Å². The van der Waals surface area contributed by atoms with Gasteiger partial charge in [-0.15, -0.1) is 0 Å². The molecule has 0 saturated carbocycles. The maximum absolute atomic E-state index is 13.0. The fraction of sp³-hybridized carbons (Fsp3) is 0.273. The third-order valence-electron chi connectivity index (χ3n) is 4.78. The summed E-state index contributed by atoms with van der Waals surface area (Å²) in [5, 5.41) is 2.95. The van der Waals surface area contributed by atoms with Crippen molar-refractivity contribution in [3.63, 3.8) is 0 Å². The minimum atomic E-state index is -0.369. The van der Waals surface area contributed by atoms with Crippen LogP contribution in [0.15, 0.2) is 54.6 Å². The van der Waals surface area contributed by atoms with Crippen LogP contribution < -0.4 is 10.1 Å². The van der Waals surface area contributed by atoms with Gasteiger partial charge in [0.1, 0.15) is 11.6 Å². The van der Waals surface area contributed by atoms with Gasteiger partial charge in [-0.25, -0.2) is 4.39 Å². The number of hydrogen-bond donors (Lipinski definition) is 1. The summed E-state index contributed by atoms with van der Waals surface area (Å²) in [5.41, 5.74) is 1.36. The second-order valence-corrected chi connectivity index (χ2v) is 6.69. The number of rotatable bonds is 5. The number of halogens is 1. The van der Waals surface area contributed by atoms with E-state index in [0.717, 1.165) is 11.3 Å². The maximum atomic E-state index is 13.0. The number of carbonyl (C=O) groups is 2. The number of methoxy groups -OCH3 is 1. The van der Waals surface area contributed by atoms with Crippen LogP contribution in [0.2, 0.25) is 0 Å². The zero-order valence-electron chi connectivity index (χ0n) is 15.7. The van der Waals surface area contributed by atoms with Crippen LogP contribution in [0.4, 0.5) is 4.39 Å². The zero-order valence-corrected chi connectivity index (χ0v) is 15.7. The van der Waals surface area contributed by atoms with Crippen molar-refractivity contribution in [2.75, 3.05) is 20.2 Å². The molecule has 0 spiro atoms. The number of likely N-dealkylation sites (tertiary alicyclic amines) is 1. The van der Waals surface area contributed by atoms with Gasteiger partial charge < -0.3 is 15.0 Å². The number of piperidine rings is 1. The Bertz CT molecular complexity index is 839. The number of nitrogens with one attached hydrogen (secondary N) is 1. The van der Waals surface area contributed by atoms with Crippen LogP contribution in [0, 0.1) is 5.82 Å². The highest BCUT2D eigenvalue weighted by Gasteiger charge is 2.23. The molecule has 1 fully saturated rings. The number of benzene rings is 2. The number of ether oxygens (including phenoxy) is 1. The smallest absolute Gasteiger partial charge is 0.251 e. The minimum Gasteiger partial charge on any atom is -0.497 e. The summed E-state index contributed by atoms with van der Waals surface area (Å²) in [6.45, 7) is 1.17. The first kappa shape index (κ1) is 19.6. The summed E-state index contributed by atoms with van der Waals surface area (Å²) in [4.78, 5) is 26.4.